The molecular weight excluding hydrogens is 230 g/mol. The molecular formula is C13H19N3O2. The molecule has 5 nitrogen and oxygen atoms in total. The lowest BCUT2D eigenvalue weighted by Crippen LogP contribution is -2.21. The summed E-state index contributed by atoms with van der Waals surface area (Å²) in [6.07, 6.45) is 2.69. The number of nitrogens with one attached hydrogen (secondary N) is 1. The van der Waals surface area contributed by atoms with Crippen molar-refractivity contribution in [2.45, 2.75) is 46.7 Å². The zero-order chi connectivity index (χ0) is 13.1. The molecule has 0 aliphatic rings. The van der Waals surface area contributed by atoms with Crippen LogP contribution in [0.25, 0.3) is 0 Å². The maximum absolute atomic E-state index is 5.44. The zero-order valence-corrected chi connectivity index (χ0v) is 11.3. The smallest absolute Gasteiger partial charge is 0.208 e. The predicted molar refractivity (Wildman–Crippen MR) is 67.1 cm³/mol. The Balaban J connectivity index is 2.06. The summed E-state index contributed by atoms with van der Waals surface area (Å²) in [6, 6.07) is 0.212. The fourth-order valence-corrected chi connectivity index (χ4v) is 2.13. The number of aromatic nitrogens is 2. The van der Waals surface area contributed by atoms with Crippen LogP contribution in [0.15, 0.2) is 15.1 Å². The third-order valence-electron chi connectivity index (χ3n) is 3.01. The highest BCUT2D eigenvalue weighted by Crippen LogP contribution is 2.24. The Morgan fingerprint density at radius 3 is 2.61 bits per heavy atom. The quantitative estimate of drug-likeness (QED) is 0.882. The SMILES string of the molecule is CCC(NCc1ncc(C)o1)c1c(C)noc1C. The maximum atomic E-state index is 5.44. The minimum absolute atomic E-state index is 0.212. The van der Waals surface area contributed by atoms with Crippen LogP contribution in [-0.4, -0.2) is 10.1 Å². The van der Waals surface area contributed by atoms with Gasteiger partial charge in [0.15, 0.2) is 0 Å². The molecule has 18 heavy (non-hydrogen) atoms. The fourth-order valence-electron chi connectivity index (χ4n) is 2.13. The van der Waals surface area contributed by atoms with E-state index in [0.717, 1.165) is 29.2 Å². The summed E-state index contributed by atoms with van der Waals surface area (Å²) in [5.74, 6) is 2.41. The van der Waals surface area contributed by atoms with Gasteiger partial charge < -0.3 is 14.3 Å². The third kappa shape index (κ3) is 2.61. The molecule has 0 saturated heterocycles. The summed E-state index contributed by atoms with van der Waals surface area (Å²) in [5, 5.41) is 7.42. The third-order valence-corrected chi connectivity index (χ3v) is 3.01. The first kappa shape index (κ1) is 12.8. The molecule has 5 heteroatoms. The Kier molecular flexibility index (Phi) is 3.81. The first-order valence-corrected chi connectivity index (χ1v) is 6.19. The summed E-state index contributed by atoms with van der Waals surface area (Å²) in [4.78, 5) is 4.18. The van der Waals surface area contributed by atoms with Crippen LogP contribution in [0.4, 0.5) is 0 Å². The lowest BCUT2D eigenvalue weighted by Gasteiger charge is -2.15. The second-order valence-corrected chi connectivity index (χ2v) is 4.44. The second kappa shape index (κ2) is 5.35. The molecule has 0 aliphatic heterocycles. The van der Waals surface area contributed by atoms with Gasteiger partial charge in [-0.3, -0.25) is 0 Å². The Morgan fingerprint density at radius 2 is 2.11 bits per heavy atom. The van der Waals surface area contributed by atoms with Gasteiger partial charge in [0.1, 0.15) is 11.5 Å². The van der Waals surface area contributed by atoms with E-state index in [1.807, 2.05) is 20.8 Å². The predicted octanol–water partition coefficient (Wildman–Crippen LogP) is 2.83. The Labute approximate surface area is 107 Å². The molecule has 1 unspecified atom stereocenters. The summed E-state index contributed by atoms with van der Waals surface area (Å²) in [6.45, 7) is 8.53. The highest BCUT2D eigenvalue weighted by atomic mass is 16.5. The van der Waals surface area contributed by atoms with Crippen molar-refractivity contribution in [3.05, 3.63) is 34.9 Å². The van der Waals surface area contributed by atoms with Gasteiger partial charge in [0.05, 0.1) is 18.4 Å². The highest BCUT2D eigenvalue weighted by Gasteiger charge is 2.19. The van der Waals surface area contributed by atoms with Gasteiger partial charge in [-0.15, -0.1) is 0 Å². The Bertz CT molecular complexity index is 497. The van der Waals surface area contributed by atoms with Gasteiger partial charge in [0, 0.05) is 11.6 Å². The molecule has 0 aromatic carbocycles. The molecule has 1 N–H and O–H groups in total. The van der Waals surface area contributed by atoms with Gasteiger partial charge in [-0.1, -0.05) is 12.1 Å². The van der Waals surface area contributed by atoms with Gasteiger partial charge in [0.25, 0.3) is 0 Å². The number of nitrogens with zero attached hydrogens (tertiary/aromatic N) is 2. The molecule has 0 spiro atoms. The second-order valence-electron chi connectivity index (χ2n) is 4.44. The van der Waals surface area contributed by atoms with E-state index in [1.54, 1.807) is 6.20 Å². The van der Waals surface area contributed by atoms with Crippen molar-refractivity contribution < 1.29 is 8.94 Å². The van der Waals surface area contributed by atoms with Gasteiger partial charge in [-0.25, -0.2) is 4.98 Å². The molecule has 2 aromatic heterocycles. The molecule has 0 aliphatic carbocycles. The number of aryl methyl sites for hydroxylation is 3. The minimum Gasteiger partial charge on any atom is -0.445 e. The standard InChI is InChI=1S/C13H19N3O2/c1-5-11(13-9(3)16-18-10(13)4)14-7-12-15-6-8(2)17-12/h6,11,14H,5,7H2,1-4H3. The lowest BCUT2D eigenvalue weighted by molar-refractivity contribution is 0.386. The van der Waals surface area contributed by atoms with E-state index in [-0.39, 0.29) is 6.04 Å². The van der Waals surface area contributed by atoms with Crippen molar-refractivity contribution in [3.8, 4) is 0 Å². The molecule has 0 bridgehead atoms. The van der Waals surface area contributed by atoms with Crippen molar-refractivity contribution in [2.75, 3.05) is 0 Å². The molecule has 98 valence electrons. The average Bonchev–Trinajstić information content (AvgIpc) is 2.89. The summed E-state index contributed by atoms with van der Waals surface area (Å²) < 4.78 is 10.6. The van der Waals surface area contributed by atoms with Crippen LogP contribution in [0.1, 0.15) is 48.1 Å². The molecule has 0 saturated carbocycles. The zero-order valence-electron chi connectivity index (χ0n) is 11.3. The first-order valence-electron chi connectivity index (χ1n) is 6.19. The van der Waals surface area contributed by atoms with E-state index >= 15 is 0 Å². The van der Waals surface area contributed by atoms with E-state index in [2.05, 4.69) is 22.4 Å². The van der Waals surface area contributed by atoms with Crippen LogP contribution in [0, 0.1) is 20.8 Å². The molecule has 1 atom stereocenters. The van der Waals surface area contributed by atoms with Gasteiger partial charge >= 0.3 is 0 Å². The van der Waals surface area contributed by atoms with Crippen molar-refractivity contribution in [3.63, 3.8) is 0 Å². The molecule has 0 fully saturated rings. The first-order chi connectivity index (χ1) is 8.61. The average molecular weight is 249 g/mol. The highest BCUT2D eigenvalue weighted by molar-refractivity contribution is 5.24. The molecule has 2 aromatic rings. The summed E-state index contributed by atoms with van der Waals surface area (Å²) >= 11 is 0. The van der Waals surface area contributed by atoms with Crippen LogP contribution in [0.3, 0.4) is 0 Å². The van der Waals surface area contributed by atoms with Crippen molar-refractivity contribution >= 4 is 0 Å². The van der Waals surface area contributed by atoms with E-state index < -0.39 is 0 Å². The van der Waals surface area contributed by atoms with E-state index in [4.69, 9.17) is 8.94 Å². The summed E-state index contributed by atoms with van der Waals surface area (Å²) in [5.41, 5.74) is 2.08. The van der Waals surface area contributed by atoms with Crippen LogP contribution < -0.4 is 5.32 Å². The van der Waals surface area contributed by atoms with Gasteiger partial charge in [0.2, 0.25) is 5.89 Å². The largest absolute Gasteiger partial charge is 0.445 e. The molecule has 2 rings (SSSR count). The molecule has 0 radical (unpaired) electrons. The summed E-state index contributed by atoms with van der Waals surface area (Å²) in [7, 11) is 0. The monoisotopic (exact) mass is 249 g/mol. The van der Waals surface area contributed by atoms with Crippen LogP contribution in [-0.2, 0) is 6.54 Å². The van der Waals surface area contributed by atoms with Crippen molar-refractivity contribution in [1.29, 1.82) is 0 Å². The van der Waals surface area contributed by atoms with Crippen LogP contribution in [0.2, 0.25) is 0 Å². The lowest BCUT2D eigenvalue weighted by atomic mass is 10.0. The van der Waals surface area contributed by atoms with Gasteiger partial charge in [-0.05, 0) is 27.2 Å². The Hall–Kier alpha value is -1.62. The maximum Gasteiger partial charge on any atom is 0.208 e. The van der Waals surface area contributed by atoms with E-state index in [0.29, 0.717) is 12.4 Å². The van der Waals surface area contributed by atoms with Crippen molar-refractivity contribution in [1.82, 2.24) is 15.5 Å². The number of oxazole rings is 1. The normalized spacial score (nSPS) is 12.9. The Morgan fingerprint density at radius 1 is 1.33 bits per heavy atom. The van der Waals surface area contributed by atoms with E-state index in [9.17, 15) is 0 Å². The number of hydrogen-bond donors (Lipinski definition) is 1. The number of rotatable bonds is 5. The molecule has 2 heterocycles. The minimum atomic E-state index is 0.212. The van der Waals surface area contributed by atoms with Crippen molar-refractivity contribution in [2.24, 2.45) is 0 Å². The fraction of sp³-hybridized carbons (Fsp3) is 0.538. The van der Waals surface area contributed by atoms with Crippen LogP contribution in [0.5, 0.6) is 0 Å². The van der Waals surface area contributed by atoms with Crippen LogP contribution >= 0.6 is 0 Å². The van der Waals surface area contributed by atoms with Gasteiger partial charge in [-0.2, -0.15) is 0 Å². The molecule has 0 amide bonds. The topological polar surface area (TPSA) is 64.1 Å². The van der Waals surface area contributed by atoms with E-state index in [1.165, 1.54) is 0 Å². The number of hydrogen-bond acceptors (Lipinski definition) is 5.